The Bertz CT molecular complexity index is 848. The summed E-state index contributed by atoms with van der Waals surface area (Å²) in [5, 5.41) is 2.84. The first-order valence-electron chi connectivity index (χ1n) is 8.78. The van der Waals surface area contributed by atoms with E-state index in [1.54, 1.807) is 0 Å². The van der Waals surface area contributed by atoms with Crippen molar-refractivity contribution in [2.75, 3.05) is 13.1 Å². The largest absolute Gasteiger partial charge is 0.275 e. The summed E-state index contributed by atoms with van der Waals surface area (Å²) >= 11 is 6.75. The monoisotopic (exact) mass is 553 g/mol. The van der Waals surface area contributed by atoms with Crippen LogP contribution in [0, 0.1) is 19.9 Å². The van der Waals surface area contributed by atoms with E-state index in [1.807, 2.05) is 64.1 Å². The van der Waals surface area contributed by atoms with Crippen LogP contribution in [0.15, 0.2) is 36.4 Å². The number of likely N-dealkylation sites (N-methyl/N-ethyl adjacent to an activating group) is 2. The third-order valence-electron chi connectivity index (χ3n) is 4.83. The topological polar surface area (TPSA) is 40.6 Å². The molecule has 3 rings (SSSR count). The second kappa shape index (κ2) is 8.16. The number of hydrogen-bond acceptors (Lipinski definition) is 2. The van der Waals surface area contributed by atoms with Gasteiger partial charge in [-0.3, -0.25) is 9.59 Å². The SMILES string of the molecule is CCN1C(=O)C(Cl)(c2[c-]c(-c3ccccc3)c(C)cc2C)C(=O)N1CC.[W]. The van der Waals surface area contributed by atoms with Crippen molar-refractivity contribution in [2.45, 2.75) is 32.6 Å². The van der Waals surface area contributed by atoms with Crippen molar-refractivity contribution in [2.24, 2.45) is 0 Å². The molecule has 2 aromatic rings. The third kappa shape index (κ3) is 3.34. The number of carbonyl (C=O) groups is 2. The van der Waals surface area contributed by atoms with Crippen LogP contribution in [0.25, 0.3) is 11.1 Å². The molecule has 0 atom stereocenters. The van der Waals surface area contributed by atoms with Gasteiger partial charge in [-0.15, -0.1) is 28.8 Å². The Morgan fingerprint density at radius 2 is 1.48 bits per heavy atom. The van der Waals surface area contributed by atoms with Gasteiger partial charge >= 0.3 is 0 Å². The van der Waals surface area contributed by atoms with E-state index in [2.05, 4.69) is 6.07 Å². The van der Waals surface area contributed by atoms with Crippen molar-refractivity contribution in [3.63, 3.8) is 0 Å². The van der Waals surface area contributed by atoms with Crippen LogP contribution in [-0.4, -0.2) is 34.9 Å². The van der Waals surface area contributed by atoms with E-state index in [-0.39, 0.29) is 21.1 Å². The average molecular weight is 554 g/mol. The van der Waals surface area contributed by atoms with Gasteiger partial charge in [0.1, 0.15) is 0 Å². The molecule has 1 heterocycles. The Morgan fingerprint density at radius 3 is 1.96 bits per heavy atom. The van der Waals surface area contributed by atoms with Crippen LogP contribution in [0.2, 0.25) is 0 Å². The molecule has 142 valence electrons. The van der Waals surface area contributed by atoms with E-state index in [0.717, 1.165) is 22.3 Å². The van der Waals surface area contributed by atoms with E-state index in [1.165, 1.54) is 10.0 Å². The number of alkyl halides is 1. The number of hydrazine groups is 1. The maximum absolute atomic E-state index is 13.0. The maximum Gasteiger partial charge on any atom is 0.275 e. The first-order chi connectivity index (χ1) is 12.4. The summed E-state index contributed by atoms with van der Waals surface area (Å²) < 4.78 is 0. The van der Waals surface area contributed by atoms with Gasteiger partial charge in [0.25, 0.3) is 11.8 Å². The Labute approximate surface area is 179 Å². The van der Waals surface area contributed by atoms with Gasteiger partial charge in [0.15, 0.2) is 0 Å². The van der Waals surface area contributed by atoms with Crippen LogP contribution in [-0.2, 0) is 35.5 Å². The first kappa shape index (κ1) is 21.7. The number of rotatable bonds is 4. The average Bonchev–Trinajstić information content (AvgIpc) is 2.83. The second-order valence-corrected chi connectivity index (χ2v) is 7.02. The van der Waals surface area contributed by atoms with Gasteiger partial charge in [-0.1, -0.05) is 66.9 Å². The molecule has 1 saturated heterocycles. The molecule has 1 aliphatic heterocycles. The molecule has 0 saturated carbocycles. The summed E-state index contributed by atoms with van der Waals surface area (Å²) in [4.78, 5) is 24.3. The molecule has 4 nitrogen and oxygen atoms in total. The Hall–Kier alpha value is -1.64. The van der Waals surface area contributed by atoms with Crippen molar-refractivity contribution >= 4 is 23.4 Å². The zero-order chi connectivity index (χ0) is 19.1. The number of aryl methyl sites for hydroxylation is 2. The number of amides is 2. The molecule has 0 spiro atoms. The summed E-state index contributed by atoms with van der Waals surface area (Å²) in [7, 11) is 0. The summed E-state index contributed by atoms with van der Waals surface area (Å²) in [6.45, 7) is 8.30. The van der Waals surface area contributed by atoms with Gasteiger partial charge in [-0.25, -0.2) is 10.0 Å². The third-order valence-corrected chi connectivity index (χ3v) is 5.34. The van der Waals surface area contributed by atoms with Crippen molar-refractivity contribution in [1.29, 1.82) is 0 Å². The summed E-state index contributed by atoms with van der Waals surface area (Å²) in [6.07, 6.45) is 0. The Morgan fingerprint density at radius 1 is 0.963 bits per heavy atom. The molecule has 27 heavy (non-hydrogen) atoms. The van der Waals surface area contributed by atoms with Crippen molar-refractivity contribution in [1.82, 2.24) is 10.0 Å². The molecular weight excluding hydrogens is 532 g/mol. The van der Waals surface area contributed by atoms with Gasteiger partial charge in [0.2, 0.25) is 4.87 Å². The van der Waals surface area contributed by atoms with Crippen molar-refractivity contribution in [3.05, 3.63) is 59.2 Å². The molecule has 1 aliphatic rings. The molecule has 2 aromatic carbocycles. The molecular formula is C21H22ClN2O2W-. The molecule has 0 unspecified atom stereocenters. The zero-order valence-electron chi connectivity index (χ0n) is 15.9. The van der Waals surface area contributed by atoms with Crippen LogP contribution in [0.4, 0.5) is 0 Å². The van der Waals surface area contributed by atoms with Crippen LogP contribution < -0.4 is 0 Å². The fourth-order valence-electron chi connectivity index (χ4n) is 3.56. The van der Waals surface area contributed by atoms with Gasteiger partial charge in [-0.05, 0) is 13.8 Å². The van der Waals surface area contributed by atoms with Crippen LogP contribution in [0.5, 0.6) is 0 Å². The standard InChI is InChI=1S/C21H22ClN2O2.W/c1-5-23-19(25)21(22,20(26)24(23)6-2)18-13-17(14(3)12-15(18)4)16-10-8-7-9-11-16;/h7-12H,5-6H2,1-4H3;/q-1;. The quantitative estimate of drug-likeness (QED) is 0.328. The normalized spacial score (nSPS) is 15.9. The fraction of sp³-hybridized carbons (Fsp3) is 0.333. The maximum atomic E-state index is 13.0. The van der Waals surface area contributed by atoms with Gasteiger partial charge in [-0.2, -0.15) is 0 Å². The number of halogens is 1. The molecule has 6 heteroatoms. The Kier molecular flexibility index (Phi) is 6.54. The minimum absolute atomic E-state index is 0. The Balaban J connectivity index is 0.00000261. The van der Waals surface area contributed by atoms with Gasteiger partial charge in [0, 0.05) is 34.2 Å². The molecule has 0 bridgehead atoms. The summed E-state index contributed by atoms with van der Waals surface area (Å²) in [6, 6.07) is 15.1. The fourth-order valence-corrected chi connectivity index (χ4v) is 3.95. The van der Waals surface area contributed by atoms with E-state index in [0.29, 0.717) is 18.7 Å². The second-order valence-electron chi connectivity index (χ2n) is 6.45. The number of nitrogens with zero attached hydrogens (tertiary/aromatic N) is 2. The van der Waals surface area contributed by atoms with Gasteiger partial charge in [0.05, 0.1) is 0 Å². The predicted molar refractivity (Wildman–Crippen MR) is 102 cm³/mol. The van der Waals surface area contributed by atoms with E-state index in [4.69, 9.17) is 11.6 Å². The zero-order valence-corrected chi connectivity index (χ0v) is 19.6. The van der Waals surface area contributed by atoms with Crippen molar-refractivity contribution < 1.29 is 30.7 Å². The molecule has 0 radical (unpaired) electrons. The summed E-state index contributed by atoms with van der Waals surface area (Å²) in [5.74, 6) is -0.813. The van der Waals surface area contributed by atoms with E-state index >= 15 is 0 Å². The predicted octanol–water partition coefficient (Wildman–Crippen LogP) is 3.83. The molecule has 2 amide bonds. The minimum atomic E-state index is -1.76. The number of hydrogen-bond donors (Lipinski definition) is 0. The summed E-state index contributed by atoms with van der Waals surface area (Å²) in [5.41, 5.74) is 4.07. The van der Waals surface area contributed by atoms with Crippen LogP contribution in [0.3, 0.4) is 0 Å². The van der Waals surface area contributed by atoms with E-state index < -0.39 is 16.7 Å². The number of benzene rings is 2. The minimum Gasteiger partial charge on any atom is -0.270 e. The van der Waals surface area contributed by atoms with Crippen molar-refractivity contribution in [3.8, 4) is 11.1 Å². The van der Waals surface area contributed by atoms with Crippen LogP contribution >= 0.6 is 11.6 Å². The number of carbonyl (C=O) groups excluding carboxylic acids is 2. The van der Waals surface area contributed by atoms with Gasteiger partial charge < -0.3 is 0 Å². The molecule has 0 aromatic heterocycles. The first-order valence-corrected chi connectivity index (χ1v) is 9.16. The molecule has 1 fully saturated rings. The molecule has 0 aliphatic carbocycles. The van der Waals surface area contributed by atoms with Crippen LogP contribution in [0.1, 0.15) is 30.5 Å². The van der Waals surface area contributed by atoms with E-state index in [9.17, 15) is 9.59 Å². The smallest absolute Gasteiger partial charge is 0.270 e. The molecule has 0 N–H and O–H groups in total.